The molecule has 21 heavy (non-hydrogen) atoms. The topological polar surface area (TPSA) is 65.7 Å². The van der Waals surface area contributed by atoms with E-state index in [0.717, 1.165) is 41.3 Å². The van der Waals surface area contributed by atoms with Crippen molar-refractivity contribution in [1.82, 2.24) is 0 Å². The van der Waals surface area contributed by atoms with Crippen LogP contribution in [0.3, 0.4) is 0 Å². The molecule has 0 atom stereocenters. The Bertz CT molecular complexity index is 772. The van der Waals surface area contributed by atoms with Crippen molar-refractivity contribution in [3.63, 3.8) is 0 Å². The highest BCUT2D eigenvalue weighted by molar-refractivity contribution is 5.89. The Morgan fingerprint density at radius 2 is 2.05 bits per heavy atom. The van der Waals surface area contributed by atoms with E-state index in [4.69, 9.17) is 9.15 Å². The Hall–Kier alpha value is -2.30. The number of carbonyl (C=O) groups is 1. The van der Waals surface area contributed by atoms with Gasteiger partial charge in [-0.1, -0.05) is 0 Å². The summed E-state index contributed by atoms with van der Waals surface area (Å²) in [4.78, 5) is 23.3. The summed E-state index contributed by atoms with van der Waals surface area (Å²) in [6, 6.07) is 3.67. The van der Waals surface area contributed by atoms with Crippen LogP contribution in [-0.2, 0) is 22.4 Å². The number of hydrogen-bond acceptors (Lipinski definition) is 5. The molecule has 0 radical (unpaired) electrons. The summed E-state index contributed by atoms with van der Waals surface area (Å²) in [5, 5.41) is 0.802. The molecule has 0 N–H and O–H groups in total. The van der Waals surface area contributed by atoms with Gasteiger partial charge in [0, 0.05) is 5.56 Å². The van der Waals surface area contributed by atoms with Crippen LogP contribution in [0.1, 0.15) is 23.1 Å². The second kappa shape index (κ2) is 5.24. The molecule has 3 rings (SSSR count). The molecule has 0 fully saturated rings. The van der Waals surface area contributed by atoms with E-state index in [-0.39, 0.29) is 12.2 Å². The molecular weight excluding hydrogens is 272 g/mol. The van der Waals surface area contributed by atoms with E-state index in [1.807, 2.05) is 19.1 Å². The standard InChI is InChI=1S/C16H16O5/c1-9-6-12(20-8-14(17)19-2)15-10-4-3-5-11(10)16(18)21-13(15)7-9/h6-7H,3-5,8H2,1-2H3. The molecule has 1 aromatic carbocycles. The summed E-state index contributed by atoms with van der Waals surface area (Å²) < 4.78 is 15.6. The molecule has 0 saturated carbocycles. The predicted molar refractivity (Wildman–Crippen MR) is 76.8 cm³/mol. The van der Waals surface area contributed by atoms with Crippen molar-refractivity contribution < 1.29 is 18.7 Å². The number of aryl methyl sites for hydroxylation is 2. The van der Waals surface area contributed by atoms with E-state index in [1.54, 1.807) is 0 Å². The van der Waals surface area contributed by atoms with Crippen LogP contribution < -0.4 is 10.4 Å². The van der Waals surface area contributed by atoms with Gasteiger partial charge in [-0.25, -0.2) is 9.59 Å². The van der Waals surface area contributed by atoms with Crippen LogP contribution in [0.4, 0.5) is 0 Å². The third-order valence-corrected chi connectivity index (χ3v) is 3.75. The Morgan fingerprint density at radius 3 is 2.81 bits per heavy atom. The minimum atomic E-state index is -0.446. The molecule has 1 aliphatic rings. The van der Waals surface area contributed by atoms with Crippen LogP contribution in [0.25, 0.3) is 11.0 Å². The average Bonchev–Trinajstić information content (AvgIpc) is 2.93. The highest BCUT2D eigenvalue weighted by Crippen LogP contribution is 2.35. The second-order valence-corrected chi connectivity index (χ2v) is 5.20. The lowest BCUT2D eigenvalue weighted by atomic mass is 10.0. The van der Waals surface area contributed by atoms with Crippen LogP contribution in [-0.4, -0.2) is 19.7 Å². The molecule has 2 aromatic rings. The third kappa shape index (κ3) is 2.39. The van der Waals surface area contributed by atoms with Gasteiger partial charge in [0.05, 0.1) is 12.5 Å². The first-order chi connectivity index (χ1) is 10.1. The van der Waals surface area contributed by atoms with Crippen molar-refractivity contribution >= 4 is 16.9 Å². The van der Waals surface area contributed by atoms with Gasteiger partial charge in [-0.2, -0.15) is 0 Å². The summed E-state index contributed by atoms with van der Waals surface area (Å²) in [5.74, 6) is 0.121. The average molecular weight is 288 g/mol. The van der Waals surface area contributed by atoms with Gasteiger partial charge in [-0.15, -0.1) is 0 Å². The quantitative estimate of drug-likeness (QED) is 0.639. The van der Waals surface area contributed by atoms with E-state index in [0.29, 0.717) is 11.3 Å². The van der Waals surface area contributed by atoms with Crippen molar-refractivity contribution in [2.75, 3.05) is 13.7 Å². The monoisotopic (exact) mass is 288 g/mol. The first kappa shape index (κ1) is 13.7. The third-order valence-electron chi connectivity index (χ3n) is 3.75. The van der Waals surface area contributed by atoms with Crippen molar-refractivity contribution in [1.29, 1.82) is 0 Å². The minimum absolute atomic E-state index is 0.164. The number of rotatable bonds is 3. The highest BCUT2D eigenvalue weighted by atomic mass is 16.6. The van der Waals surface area contributed by atoms with Gasteiger partial charge in [0.1, 0.15) is 11.3 Å². The largest absolute Gasteiger partial charge is 0.481 e. The van der Waals surface area contributed by atoms with E-state index in [9.17, 15) is 9.59 Å². The first-order valence-electron chi connectivity index (χ1n) is 6.89. The number of fused-ring (bicyclic) bond motifs is 3. The predicted octanol–water partition coefficient (Wildman–Crippen LogP) is 2.14. The maximum absolute atomic E-state index is 12.0. The number of ether oxygens (including phenoxy) is 2. The number of carbonyl (C=O) groups excluding carboxylic acids is 1. The fourth-order valence-electron chi connectivity index (χ4n) is 2.81. The Labute approximate surface area is 121 Å². The smallest absolute Gasteiger partial charge is 0.343 e. The lowest BCUT2D eigenvalue weighted by Gasteiger charge is -2.12. The van der Waals surface area contributed by atoms with E-state index in [2.05, 4.69) is 4.74 Å². The lowest BCUT2D eigenvalue weighted by molar-refractivity contribution is -0.142. The summed E-state index contributed by atoms with van der Waals surface area (Å²) >= 11 is 0. The number of methoxy groups -OCH3 is 1. The first-order valence-corrected chi connectivity index (χ1v) is 6.89. The lowest BCUT2D eigenvalue weighted by Crippen LogP contribution is -2.13. The van der Waals surface area contributed by atoms with E-state index < -0.39 is 5.97 Å². The van der Waals surface area contributed by atoms with Gasteiger partial charge in [0.25, 0.3) is 0 Å². The fourth-order valence-corrected chi connectivity index (χ4v) is 2.81. The number of benzene rings is 1. The molecule has 0 spiro atoms. The van der Waals surface area contributed by atoms with Gasteiger partial charge in [-0.05, 0) is 49.4 Å². The normalized spacial score (nSPS) is 13.2. The summed E-state index contributed by atoms with van der Waals surface area (Å²) in [6.07, 6.45) is 2.50. The van der Waals surface area contributed by atoms with Crippen LogP contribution in [0, 0.1) is 6.92 Å². The molecule has 0 unspecified atom stereocenters. The van der Waals surface area contributed by atoms with Gasteiger partial charge in [0.2, 0.25) is 0 Å². The molecule has 0 saturated heterocycles. The van der Waals surface area contributed by atoms with Gasteiger partial charge in [-0.3, -0.25) is 0 Å². The van der Waals surface area contributed by atoms with Gasteiger partial charge < -0.3 is 13.9 Å². The van der Waals surface area contributed by atoms with Crippen LogP contribution in [0.2, 0.25) is 0 Å². The molecule has 5 heteroatoms. The maximum atomic E-state index is 12.0. The van der Waals surface area contributed by atoms with Crippen LogP contribution in [0.15, 0.2) is 21.3 Å². The zero-order valence-electron chi connectivity index (χ0n) is 12.0. The Balaban J connectivity index is 2.17. The zero-order chi connectivity index (χ0) is 15.0. The van der Waals surface area contributed by atoms with Gasteiger partial charge in [0.15, 0.2) is 6.61 Å². The summed E-state index contributed by atoms with van der Waals surface area (Å²) in [5.41, 5.74) is 2.87. The molecule has 0 amide bonds. The number of hydrogen-bond donors (Lipinski definition) is 0. The molecular formula is C16H16O5. The van der Waals surface area contributed by atoms with Crippen molar-refractivity contribution in [3.05, 3.63) is 39.2 Å². The molecule has 0 bridgehead atoms. The molecule has 5 nitrogen and oxygen atoms in total. The molecule has 1 aromatic heterocycles. The molecule has 1 heterocycles. The number of esters is 1. The molecule has 110 valence electrons. The second-order valence-electron chi connectivity index (χ2n) is 5.20. The van der Waals surface area contributed by atoms with E-state index >= 15 is 0 Å². The molecule has 1 aliphatic carbocycles. The Morgan fingerprint density at radius 1 is 1.29 bits per heavy atom. The van der Waals surface area contributed by atoms with Crippen molar-refractivity contribution in [2.24, 2.45) is 0 Å². The summed E-state index contributed by atoms with van der Waals surface area (Å²) in [7, 11) is 1.32. The van der Waals surface area contributed by atoms with Gasteiger partial charge >= 0.3 is 11.6 Å². The zero-order valence-corrected chi connectivity index (χ0v) is 12.0. The molecule has 0 aliphatic heterocycles. The van der Waals surface area contributed by atoms with Crippen LogP contribution >= 0.6 is 0 Å². The van der Waals surface area contributed by atoms with Crippen LogP contribution in [0.5, 0.6) is 5.75 Å². The minimum Gasteiger partial charge on any atom is -0.481 e. The fraction of sp³-hybridized carbons (Fsp3) is 0.375. The highest BCUT2D eigenvalue weighted by Gasteiger charge is 2.22. The van der Waals surface area contributed by atoms with Crippen molar-refractivity contribution in [2.45, 2.75) is 26.2 Å². The van der Waals surface area contributed by atoms with E-state index in [1.165, 1.54) is 7.11 Å². The SMILES string of the molecule is COC(=O)COc1cc(C)cc2oc(=O)c3c(c12)CCC3. The maximum Gasteiger partial charge on any atom is 0.343 e. The summed E-state index contributed by atoms with van der Waals surface area (Å²) in [6.45, 7) is 1.72. The van der Waals surface area contributed by atoms with Crippen molar-refractivity contribution in [3.8, 4) is 5.75 Å². The Kier molecular flexibility index (Phi) is 3.41.